The van der Waals surface area contributed by atoms with Crippen molar-refractivity contribution < 1.29 is 9.47 Å². The molecular weight excluding hydrogens is 867 g/mol. The van der Waals surface area contributed by atoms with Crippen molar-refractivity contribution in [2.24, 2.45) is 5.73 Å². The van der Waals surface area contributed by atoms with Crippen LogP contribution in [0.15, 0.2) is 194 Å². The molecule has 14 rings (SSSR count). The van der Waals surface area contributed by atoms with Gasteiger partial charge in [0.15, 0.2) is 11.6 Å². The average Bonchev–Trinajstić information content (AvgIpc) is 3.91. The minimum atomic E-state index is -0.408. The highest BCUT2D eigenvalue weighted by Gasteiger charge is 2.37. The van der Waals surface area contributed by atoms with Gasteiger partial charge in [0.05, 0.1) is 77.5 Å². The van der Waals surface area contributed by atoms with Crippen molar-refractivity contribution in [3.8, 4) is 79.2 Å². The van der Waals surface area contributed by atoms with E-state index in [-0.39, 0.29) is 5.41 Å². The van der Waals surface area contributed by atoms with E-state index in [1.165, 1.54) is 5.56 Å². The maximum absolute atomic E-state index is 6.50. The molecule has 10 aromatic rings. The monoisotopic (exact) mass is 913 g/mol. The fourth-order valence-corrected chi connectivity index (χ4v) is 10.0. The molecule has 0 aliphatic carbocycles. The largest absolute Gasteiger partial charge is 0.379 e. The number of nitrogens with zero attached hydrogens (tertiary/aromatic N) is 6. The molecule has 0 radical (unpaired) electrons. The molecule has 4 N–H and O–H groups in total. The van der Waals surface area contributed by atoms with Gasteiger partial charge in [-0.05, 0) is 59.7 Å². The van der Waals surface area contributed by atoms with Crippen molar-refractivity contribution >= 4 is 23.0 Å². The van der Waals surface area contributed by atoms with E-state index in [1.54, 1.807) is 0 Å². The second kappa shape index (κ2) is 16.6. The maximum atomic E-state index is 6.50. The van der Waals surface area contributed by atoms with Gasteiger partial charge < -0.3 is 25.8 Å². The summed E-state index contributed by atoms with van der Waals surface area (Å²) in [6.45, 7) is 4.89. The highest BCUT2D eigenvalue weighted by atomic mass is 16.5. The summed E-state index contributed by atoms with van der Waals surface area (Å²) < 4.78 is 15.4. The number of imidazole rings is 2. The van der Waals surface area contributed by atoms with E-state index in [0.717, 1.165) is 121 Å². The summed E-state index contributed by atoms with van der Waals surface area (Å²) in [6, 6.07) is 62.8. The Bertz CT molecular complexity index is 3340. The number of benzene rings is 6. The summed E-state index contributed by atoms with van der Waals surface area (Å²) in [4.78, 5) is 19.9. The van der Waals surface area contributed by atoms with Crippen molar-refractivity contribution in [1.29, 1.82) is 0 Å². The summed E-state index contributed by atoms with van der Waals surface area (Å²) in [5, 5.41) is 7.05. The predicted molar refractivity (Wildman–Crippen MR) is 277 cm³/mol. The smallest absolute Gasteiger partial charge is 0.154 e. The zero-order valence-corrected chi connectivity index (χ0v) is 38.4. The van der Waals surface area contributed by atoms with E-state index in [9.17, 15) is 0 Å². The van der Waals surface area contributed by atoms with Crippen LogP contribution in [0, 0.1) is 0 Å². The van der Waals surface area contributed by atoms with Crippen LogP contribution in [0.5, 0.6) is 0 Å². The third-order valence-corrected chi connectivity index (χ3v) is 13.9. The molecule has 0 amide bonds. The van der Waals surface area contributed by atoms with Gasteiger partial charge in [0.25, 0.3) is 0 Å². The van der Waals surface area contributed by atoms with E-state index in [0.29, 0.717) is 13.2 Å². The Morgan fingerprint density at radius 3 is 1.31 bits per heavy atom. The number of rotatable bonds is 6. The van der Waals surface area contributed by atoms with E-state index in [1.807, 2.05) is 67.0 Å². The van der Waals surface area contributed by atoms with E-state index in [4.69, 9.17) is 25.2 Å². The van der Waals surface area contributed by atoms with E-state index in [2.05, 4.69) is 164 Å². The molecule has 0 unspecified atom stereocenters. The van der Waals surface area contributed by atoms with Crippen LogP contribution in [0.3, 0.4) is 0 Å². The van der Waals surface area contributed by atoms with Gasteiger partial charge in [-0.15, -0.1) is 0 Å². The first-order valence-corrected chi connectivity index (χ1v) is 23.6. The van der Waals surface area contributed by atoms with Gasteiger partial charge in [-0.3, -0.25) is 9.13 Å². The Labute approximate surface area is 405 Å². The van der Waals surface area contributed by atoms with Crippen molar-refractivity contribution in [3.63, 3.8) is 0 Å². The van der Waals surface area contributed by atoms with Gasteiger partial charge in [-0.1, -0.05) is 140 Å². The molecule has 0 bridgehead atoms. The van der Waals surface area contributed by atoms with Crippen LogP contribution in [0.1, 0.15) is 18.1 Å². The lowest BCUT2D eigenvalue weighted by Gasteiger charge is -2.38. The SMILES string of the molecule is CC1(c2ccc(-c3c(-c4ccccc4)nc4n3-c3cccnc3Nc3ccccc3-4)cc2)COC1.NC1(c2ccc(-c3c(-c4ccccc4)nc4n3-c3cccnc3Nc3ccccc3-4)cc2)COC1. The molecule has 2 saturated heterocycles. The third kappa shape index (κ3) is 6.93. The Kier molecular flexibility index (Phi) is 9.91. The number of hydrogen-bond acceptors (Lipinski definition) is 9. The Hall–Kier alpha value is -8.48. The van der Waals surface area contributed by atoms with Gasteiger partial charge in [0.2, 0.25) is 0 Å². The molecule has 340 valence electrons. The maximum Gasteiger partial charge on any atom is 0.154 e. The minimum Gasteiger partial charge on any atom is -0.379 e. The highest BCUT2D eigenvalue weighted by molar-refractivity contribution is 5.92. The Morgan fingerprint density at radius 1 is 0.457 bits per heavy atom. The first-order valence-electron chi connectivity index (χ1n) is 23.6. The number of pyridine rings is 2. The van der Waals surface area contributed by atoms with Crippen molar-refractivity contribution in [2.75, 3.05) is 37.1 Å². The van der Waals surface area contributed by atoms with Gasteiger partial charge in [-0.25, -0.2) is 19.9 Å². The predicted octanol–water partition coefficient (Wildman–Crippen LogP) is 12.1. The number of anilines is 4. The molecule has 8 heterocycles. The minimum absolute atomic E-state index is 0.0918. The number of hydrogen-bond donors (Lipinski definition) is 3. The van der Waals surface area contributed by atoms with Crippen molar-refractivity contribution in [3.05, 3.63) is 206 Å². The Balaban J connectivity index is 0.000000137. The van der Waals surface area contributed by atoms with Gasteiger partial charge in [-0.2, -0.15) is 0 Å². The van der Waals surface area contributed by atoms with E-state index >= 15 is 0 Å². The molecule has 6 aromatic carbocycles. The molecule has 0 spiro atoms. The van der Waals surface area contributed by atoms with Crippen LogP contribution in [0.25, 0.3) is 79.2 Å². The first kappa shape index (κ1) is 41.7. The molecule has 11 heteroatoms. The fraction of sp³-hybridized carbons (Fsp3) is 0.119. The van der Waals surface area contributed by atoms with Crippen LogP contribution in [-0.4, -0.2) is 55.5 Å². The summed E-state index contributed by atoms with van der Waals surface area (Å²) in [7, 11) is 0. The first-order chi connectivity index (χ1) is 34.4. The molecule has 0 atom stereocenters. The Morgan fingerprint density at radius 2 is 0.886 bits per heavy atom. The molecule has 4 aliphatic rings. The topological polar surface area (TPSA) is 130 Å². The average molecular weight is 914 g/mol. The zero-order chi connectivity index (χ0) is 46.8. The second-order valence-electron chi connectivity index (χ2n) is 18.6. The van der Waals surface area contributed by atoms with Gasteiger partial charge in [0.1, 0.15) is 11.6 Å². The standard InChI is InChI=1S/C30H24N4O.C29H23N5O/c1-30(18-35-19-30)22-15-13-21(14-16-22)27-26(20-8-3-2-4-9-20)33-29-23-10-5-6-11-24(23)32-28-25(34(27)29)12-7-17-31-28;30-29(17-35-18-29)21-14-12-20(13-15-21)26-25(19-7-2-1-3-8-19)33-28-22-9-4-5-10-23(22)32-27-24(34(26)28)11-6-16-31-27/h2-17H,18-19H2,1H3,(H,31,32);1-16H,17-18,30H2,(H,31,32). The van der Waals surface area contributed by atoms with Crippen LogP contribution in [0.2, 0.25) is 0 Å². The third-order valence-electron chi connectivity index (χ3n) is 13.9. The van der Waals surface area contributed by atoms with Crippen LogP contribution < -0.4 is 16.4 Å². The summed E-state index contributed by atoms with van der Waals surface area (Å²) in [5.41, 5.74) is 22.8. The van der Waals surface area contributed by atoms with Gasteiger partial charge in [0, 0.05) is 51.2 Å². The summed E-state index contributed by atoms with van der Waals surface area (Å²) >= 11 is 0. The molecule has 70 heavy (non-hydrogen) atoms. The molecule has 2 fully saturated rings. The lowest BCUT2D eigenvalue weighted by atomic mass is 9.80. The highest BCUT2D eigenvalue weighted by Crippen LogP contribution is 2.47. The molecule has 4 aliphatic heterocycles. The van der Waals surface area contributed by atoms with Crippen molar-refractivity contribution in [2.45, 2.75) is 17.9 Å². The number of para-hydroxylation sites is 2. The van der Waals surface area contributed by atoms with Crippen LogP contribution in [-0.2, 0) is 20.4 Å². The lowest BCUT2D eigenvalue weighted by Crippen LogP contribution is -2.54. The number of ether oxygens (including phenoxy) is 2. The molecule has 4 aromatic heterocycles. The second-order valence-corrected chi connectivity index (χ2v) is 18.6. The van der Waals surface area contributed by atoms with Crippen molar-refractivity contribution in [1.82, 2.24) is 29.1 Å². The number of fused-ring (bicyclic) bond motifs is 10. The molecular formula is C59H47N9O2. The lowest BCUT2D eigenvalue weighted by molar-refractivity contribution is -0.0569. The zero-order valence-electron chi connectivity index (χ0n) is 38.4. The number of nitrogens with two attached hydrogens (primary N) is 1. The number of aromatic nitrogens is 6. The molecule has 0 saturated carbocycles. The van der Waals surface area contributed by atoms with Crippen LogP contribution in [0.4, 0.5) is 23.0 Å². The summed E-state index contributed by atoms with van der Waals surface area (Å²) in [6.07, 6.45) is 3.63. The summed E-state index contributed by atoms with van der Waals surface area (Å²) in [5.74, 6) is 3.38. The molecule has 11 nitrogen and oxygen atoms in total. The van der Waals surface area contributed by atoms with Crippen LogP contribution >= 0.6 is 0 Å². The number of nitrogens with one attached hydrogen (secondary N) is 2. The quantitative estimate of drug-likeness (QED) is 0.149. The fourth-order valence-electron chi connectivity index (χ4n) is 10.0. The van der Waals surface area contributed by atoms with Gasteiger partial charge >= 0.3 is 0 Å². The van der Waals surface area contributed by atoms with E-state index < -0.39 is 5.54 Å². The normalized spacial score (nSPS) is 15.1.